The molecular formula is C13H11F3O2S. The SMILES string of the molecule is COc1ccc(-c2csc(C(F)(F)F)c2CO)cc1. The van der Waals surface area contributed by atoms with Crippen LogP contribution in [-0.4, -0.2) is 12.2 Å². The number of hydrogen-bond donors (Lipinski definition) is 1. The number of aliphatic hydroxyl groups is 1. The van der Waals surface area contributed by atoms with E-state index >= 15 is 0 Å². The maximum atomic E-state index is 12.8. The summed E-state index contributed by atoms with van der Waals surface area (Å²) in [7, 11) is 1.51. The lowest BCUT2D eigenvalue weighted by molar-refractivity contribution is -0.135. The summed E-state index contributed by atoms with van der Waals surface area (Å²) < 4.78 is 43.3. The lowest BCUT2D eigenvalue weighted by Gasteiger charge is -2.08. The Morgan fingerprint density at radius 2 is 1.84 bits per heavy atom. The van der Waals surface area contributed by atoms with E-state index in [4.69, 9.17) is 4.74 Å². The monoisotopic (exact) mass is 288 g/mol. The Bertz CT molecular complexity index is 558. The average Bonchev–Trinajstić information content (AvgIpc) is 2.82. The number of alkyl halides is 3. The molecule has 102 valence electrons. The highest BCUT2D eigenvalue weighted by atomic mass is 32.1. The molecule has 2 aromatic rings. The molecule has 2 nitrogen and oxygen atoms in total. The molecule has 1 N–H and O–H groups in total. The second-order valence-electron chi connectivity index (χ2n) is 3.84. The molecule has 1 aromatic carbocycles. The van der Waals surface area contributed by atoms with Crippen LogP contribution < -0.4 is 4.74 Å². The summed E-state index contributed by atoms with van der Waals surface area (Å²) in [5.74, 6) is 0.626. The van der Waals surface area contributed by atoms with Gasteiger partial charge < -0.3 is 9.84 Å². The Balaban J connectivity index is 2.47. The van der Waals surface area contributed by atoms with Crippen molar-refractivity contribution in [1.29, 1.82) is 0 Å². The molecule has 0 saturated heterocycles. The number of thiophene rings is 1. The summed E-state index contributed by atoms with van der Waals surface area (Å²) in [6.07, 6.45) is -4.44. The Labute approximate surface area is 112 Å². The van der Waals surface area contributed by atoms with Crippen molar-refractivity contribution in [2.45, 2.75) is 12.8 Å². The number of halogens is 3. The fourth-order valence-corrected chi connectivity index (χ4v) is 2.75. The molecule has 6 heteroatoms. The summed E-state index contributed by atoms with van der Waals surface area (Å²) in [4.78, 5) is -0.749. The topological polar surface area (TPSA) is 29.5 Å². The van der Waals surface area contributed by atoms with E-state index in [-0.39, 0.29) is 5.56 Å². The minimum atomic E-state index is -4.44. The molecule has 19 heavy (non-hydrogen) atoms. The third kappa shape index (κ3) is 2.74. The van der Waals surface area contributed by atoms with E-state index in [9.17, 15) is 18.3 Å². The smallest absolute Gasteiger partial charge is 0.425 e. The van der Waals surface area contributed by atoms with E-state index in [1.807, 2.05) is 0 Å². The largest absolute Gasteiger partial charge is 0.497 e. The molecule has 0 aliphatic carbocycles. The van der Waals surface area contributed by atoms with Crippen LogP contribution in [0.3, 0.4) is 0 Å². The van der Waals surface area contributed by atoms with E-state index in [1.54, 1.807) is 24.3 Å². The molecule has 0 saturated carbocycles. The van der Waals surface area contributed by atoms with Crippen molar-refractivity contribution in [3.8, 4) is 16.9 Å². The van der Waals surface area contributed by atoms with Crippen LogP contribution in [-0.2, 0) is 12.8 Å². The number of aliphatic hydroxyl groups excluding tert-OH is 1. The third-order valence-corrected chi connectivity index (χ3v) is 3.78. The number of ether oxygens (including phenoxy) is 1. The molecule has 0 unspecified atom stereocenters. The first kappa shape index (κ1) is 13.9. The van der Waals surface area contributed by atoms with Crippen LogP contribution in [0.15, 0.2) is 29.6 Å². The van der Waals surface area contributed by atoms with Gasteiger partial charge in [-0.1, -0.05) is 12.1 Å². The molecule has 1 aromatic heterocycles. The molecule has 2 rings (SSSR count). The molecule has 0 aliphatic heterocycles. The fourth-order valence-electron chi connectivity index (χ4n) is 1.79. The Morgan fingerprint density at radius 1 is 1.21 bits per heavy atom. The van der Waals surface area contributed by atoms with Gasteiger partial charge in [0.05, 0.1) is 13.7 Å². The molecule has 0 aliphatic rings. The zero-order valence-corrected chi connectivity index (χ0v) is 10.8. The summed E-state index contributed by atoms with van der Waals surface area (Å²) in [6.45, 7) is -0.639. The number of hydrogen-bond acceptors (Lipinski definition) is 3. The highest BCUT2D eigenvalue weighted by Crippen LogP contribution is 2.41. The highest BCUT2D eigenvalue weighted by molar-refractivity contribution is 7.10. The molecule has 0 bridgehead atoms. The van der Waals surface area contributed by atoms with Gasteiger partial charge in [-0.25, -0.2) is 0 Å². The fraction of sp³-hybridized carbons (Fsp3) is 0.231. The standard InChI is InChI=1S/C13H11F3O2S/c1-18-9-4-2-8(3-5-9)11-7-19-12(10(11)6-17)13(14,15)16/h2-5,7,17H,6H2,1H3. The van der Waals surface area contributed by atoms with Gasteiger partial charge in [0, 0.05) is 5.56 Å². The normalized spacial score (nSPS) is 11.6. The van der Waals surface area contributed by atoms with Crippen LogP contribution in [0.2, 0.25) is 0 Å². The van der Waals surface area contributed by atoms with Crippen molar-refractivity contribution < 1.29 is 23.0 Å². The average molecular weight is 288 g/mol. The van der Waals surface area contributed by atoms with Gasteiger partial charge in [-0.15, -0.1) is 11.3 Å². The second-order valence-corrected chi connectivity index (χ2v) is 4.72. The Hall–Kier alpha value is -1.53. The number of methoxy groups -OCH3 is 1. The van der Waals surface area contributed by atoms with Crippen LogP contribution in [0.25, 0.3) is 11.1 Å². The van der Waals surface area contributed by atoms with Gasteiger partial charge in [0.1, 0.15) is 10.6 Å². The molecule has 0 spiro atoms. The van der Waals surface area contributed by atoms with Gasteiger partial charge >= 0.3 is 6.18 Å². The van der Waals surface area contributed by atoms with Crippen molar-refractivity contribution in [3.05, 3.63) is 40.1 Å². The molecule has 0 radical (unpaired) electrons. The summed E-state index contributed by atoms with van der Waals surface area (Å²) in [5, 5.41) is 10.6. The van der Waals surface area contributed by atoms with E-state index in [0.29, 0.717) is 28.2 Å². The van der Waals surface area contributed by atoms with Gasteiger partial charge in [-0.3, -0.25) is 0 Å². The highest BCUT2D eigenvalue weighted by Gasteiger charge is 2.36. The van der Waals surface area contributed by atoms with Crippen LogP contribution in [0.5, 0.6) is 5.75 Å². The maximum Gasteiger partial charge on any atom is 0.425 e. The van der Waals surface area contributed by atoms with Crippen LogP contribution in [0.4, 0.5) is 13.2 Å². The number of rotatable bonds is 3. The summed E-state index contributed by atoms with van der Waals surface area (Å²) in [5.41, 5.74) is 0.946. The first-order chi connectivity index (χ1) is 8.97. The zero-order chi connectivity index (χ0) is 14.0. The van der Waals surface area contributed by atoms with Crippen molar-refractivity contribution in [2.75, 3.05) is 7.11 Å². The third-order valence-electron chi connectivity index (χ3n) is 2.71. The lowest BCUT2D eigenvalue weighted by atomic mass is 10.0. The van der Waals surface area contributed by atoms with Crippen molar-refractivity contribution >= 4 is 11.3 Å². The summed E-state index contributed by atoms with van der Waals surface area (Å²) in [6, 6.07) is 6.67. The predicted molar refractivity (Wildman–Crippen MR) is 67.2 cm³/mol. The predicted octanol–water partition coefficient (Wildman–Crippen LogP) is 3.93. The van der Waals surface area contributed by atoms with Gasteiger partial charge in [0.25, 0.3) is 0 Å². The Morgan fingerprint density at radius 3 is 2.32 bits per heavy atom. The zero-order valence-electron chi connectivity index (χ0n) is 9.99. The molecule has 1 heterocycles. The first-order valence-corrected chi connectivity index (χ1v) is 6.28. The van der Waals surface area contributed by atoms with Crippen LogP contribution >= 0.6 is 11.3 Å². The van der Waals surface area contributed by atoms with Crippen molar-refractivity contribution in [3.63, 3.8) is 0 Å². The van der Waals surface area contributed by atoms with E-state index < -0.39 is 17.7 Å². The molecular weight excluding hydrogens is 277 g/mol. The van der Waals surface area contributed by atoms with E-state index in [1.165, 1.54) is 12.5 Å². The maximum absolute atomic E-state index is 12.8. The molecule has 0 fully saturated rings. The summed E-state index contributed by atoms with van der Waals surface area (Å²) >= 11 is 0.596. The van der Waals surface area contributed by atoms with Gasteiger partial charge in [0.15, 0.2) is 0 Å². The minimum Gasteiger partial charge on any atom is -0.497 e. The lowest BCUT2D eigenvalue weighted by Crippen LogP contribution is -2.05. The Kier molecular flexibility index (Phi) is 3.82. The van der Waals surface area contributed by atoms with Crippen molar-refractivity contribution in [1.82, 2.24) is 0 Å². The van der Waals surface area contributed by atoms with Crippen LogP contribution in [0.1, 0.15) is 10.4 Å². The number of benzene rings is 1. The quantitative estimate of drug-likeness (QED) is 0.927. The molecule has 0 amide bonds. The van der Waals surface area contributed by atoms with Gasteiger partial charge in [-0.05, 0) is 28.6 Å². The molecule has 0 atom stereocenters. The second kappa shape index (κ2) is 5.22. The van der Waals surface area contributed by atoms with Gasteiger partial charge in [0.2, 0.25) is 0 Å². The van der Waals surface area contributed by atoms with E-state index in [2.05, 4.69) is 0 Å². The minimum absolute atomic E-state index is 0.0809. The van der Waals surface area contributed by atoms with Crippen molar-refractivity contribution in [2.24, 2.45) is 0 Å². The first-order valence-electron chi connectivity index (χ1n) is 5.40. The van der Waals surface area contributed by atoms with Gasteiger partial charge in [-0.2, -0.15) is 13.2 Å². The van der Waals surface area contributed by atoms with E-state index in [0.717, 1.165) is 0 Å². The van der Waals surface area contributed by atoms with Crippen LogP contribution in [0, 0.1) is 0 Å².